The number of nitrogens with one attached hydrogen (secondary N) is 2. The fourth-order valence-electron chi connectivity index (χ4n) is 3.33. The lowest BCUT2D eigenvalue weighted by molar-refractivity contribution is -0.143. The normalized spacial score (nSPS) is 16.7. The van der Waals surface area contributed by atoms with Crippen LogP contribution in [0.2, 0.25) is 0 Å². The van der Waals surface area contributed by atoms with Crippen molar-refractivity contribution in [3.63, 3.8) is 0 Å². The molecular formula is C22H36F3IN4O2. The van der Waals surface area contributed by atoms with E-state index in [1.807, 2.05) is 32.0 Å². The molecule has 1 atom stereocenters. The van der Waals surface area contributed by atoms with Gasteiger partial charge >= 0.3 is 6.18 Å². The molecule has 1 aromatic carbocycles. The summed E-state index contributed by atoms with van der Waals surface area (Å²) < 4.78 is 48.9. The largest absolute Gasteiger partial charge is 0.491 e. The molecule has 1 saturated heterocycles. The summed E-state index contributed by atoms with van der Waals surface area (Å²) >= 11 is 0. The summed E-state index contributed by atoms with van der Waals surface area (Å²) in [5.74, 6) is 1.44. The molecule has 0 spiro atoms. The minimum atomic E-state index is -4.17. The number of hydrogen-bond acceptors (Lipinski definition) is 4. The first-order valence-electron chi connectivity index (χ1n) is 10.9. The summed E-state index contributed by atoms with van der Waals surface area (Å²) in [6.45, 7) is 6.43. The highest BCUT2D eigenvalue weighted by atomic mass is 127. The first kappa shape index (κ1) is 28.8. The first-order chi connectivity index (χ1) is 14.8. The highest BCUT2D eigenvalue weighted by molar-refractivity contribution is 14.0. The van der Waals surface area contributed by atoms with Crippen molar-refractivity contribution in [2.75, 3.05) is 46.4 Å². The van der Waals surface area contributed by atoms with Gasteiger partial charge in [0.25, 0.3) is 0 Å². The van der Waals surface area contributed by atoms with Crippen LogP contribution >= 0.6 is 24.0 Å². The average Bonchev–Trinajstić information content (AvgIpc) is 3.21. The van der Waals surface area contributed by atoms with Crippen molar-refractivity contribution in [1.82, 2.24) is 15.5 Å². The Balaban J connectivity index is 0.00000512. The molecule has 1 aliphatic heterocycles. The Morgan fingerprint density at radius 1 is 1.31 bits per heavy atom. The lowest BCUT2D eigenvalue weighted by Gasteiger charge is -2.19. The standard InChI is InChI=1S/C22H35F3N4O2.HI/c1-4-26-21(27-10-6-11-29(3)16-22(23,24)25)28-14-18-9-8-17(2)13-20(18)31-15-19-7-5-12-30-19;/h8-9,13,19H,4-7,10-12,14-16H2,1-3H3,(H2,26,27,28);1H. The van der Waals surface area contributed by atoms with Gasteiger partial charge in [-0.3, -0.25) is 4.90 Å². The monoisotopic (exact) mass is 572 g/mol. The highest BCUT2D eigenvalue weighted by Crippen LogP contribution is 2.23. The molecule has 0 aliphatic carbocycles. The maximum atomic E-state index is 12.4. The zero-order valence-corrected chi connectivity index (χ0v) is 21.5. The van der Waals surface area contributed by atoms with Crippen LogP contribution in [0.15, 0.2) is 23.2 Å². The molecule has 10 heteroatoms. The molecule has 2 N–H and O–H groups in total. The number of aryl methyl sites for hydroxylation is 1. The Labute approximate surface area is 206 Å². The molecule has 0 aromatic heterocycles. The van der Waals surface area contributed by atoms with E-state index < -0.39 is 12.7 Å². The van der Waals surface area contributed by atoms with Gasteiger partial charge in [0.1, 0.15) is 12.4 Å². The van der Waals surface area contributed by atoms with Gasteiger partial charge in [-0.05, 0) is 58.3 Å². The van der Waals surface area contributed by atoms with Crippen molar-refractivity contribution in [3.05, 3.63) is 29.3 Å². The van der Waals surface area contributed by atoms with Crippen LogP contribution in [0.25, 0.3) is 0 Å². The molecule has 1 unspecified atom stereocenters. The van der Waals surface area contributed by atoms with E-state index in [0.717, 1.165) is 36.3 Å². The van der Waals surface area contributed by atoms with Crippen LogP contribution in [0, 0.1) is 6.92 Å². The summed E-state index contributed by atoms with van der Waals surface area (Å²) in [6.07, 6.45) is -1.35. The molecule has 0 saturated carbocycles. The van der Waals surface area contributed by atoms with Crippen molar-refractivity contribution in [2.24, 2.45) is 4.99 Å². The van der Waals surface area contributed by atoms with Gasteiger partial charge in [-0.2, -0.15) is 13.2 Å². The Morgan fingerprint density at radius 2 is 2.09 bits per heavy atom. The summed E-state index contributed by atoms with van der Waals surface area (Å²) in [7, 11) is 1.47. The third-order valence-corrected chi connectivity index (χ3v) is 4.88. The number of ether oxygens (including phenoxy) is 2. The van der Waals surface area contributed by atoms with E-state index in [4.69, 9.17) is 9.47 Å². The molecule has 0 radical (unpaired) electrons. The molecule has 6 nitrogen and oxygen atoms in total. The zero-order chi connectivity index (χ0) is 22.7. The minimum Gasteiger partial charge on any atom is -0.491 e. The SMILES string of the molecule is CCNC(=NCc1ccc(C)cc1OCC1CCCO1)NCCCN(C)CC(F)(F)F.I. The third-order valence-electron chi connectivity index (χ3n) is 4.88. The van der Waals surface area contributed by atoms with Gasteiger partial charge in [0.15, 0.2) is 5.96 Å². The second-order valence-electron chi connectivity index (χ2n) is 7.89. The quantitative estimate of drug-likeness (QED) is 0.181. The maximum Gasteiger partial charge on any atom is 0.401 e. The number of aliphatic imine (C=N–C) groups is 1. The van der Waals surface area contributed by atoms with E-state index >= 15 is 0 Å². The predicted octanol–water partition coefficient (Wildman–Crippen LogP) is 4.11. The average molecular weight is 572 g/mol. The van der Waals surface area contributed by atoms with E-state index in [2.05, 4.69) is 15.6 Å². The Bertz CT molecular complexity index is 698. The third kappa shape index (κ3) is 11.6. The Hall–Kier alpha value is -1.27. The predicted molar refractivity (Wildman–Crippen MR) is 132 cm³/mol. The number of rotatable bonds is 11. The van der Waals surface area contributed by atoms with E-state index in [1.54, 1.807) is 0 Å². The van der Waals surface area contributed by atoms with Crippen molar-refractivity contribution in [2.45, 2.75) is 51.9 Å². The smallest absolute Gasteiger partial charge is 0.401 e. The summed E-state index contributed by atoms with van der Waals surface area (Å²) in [5.41, 5.74) is 2.09. The van der Waals surface area contributed by atoms with Crippen LogP contribution in [-0.4, -0.2) is 69.6 Å². The van der Waals surface area contributed by atoms with E-state index in [-0.39, 0.29) is 30.1 Å². The van der Waals surface area contributed by atoms with Crippen LogP contribution in [0.3, 0.4) is 0 Å². The molecule has 1 aliphatic rings. The van der Waals surface area contributed by atoms with Gasteiger partial charge in [0, 0.05) is 25.3 Å². The van der Waals surface area contributed by atoms with E-state index in [1.165, 1.54) is 11.9 Å². The van der Waals surface area contributed by atoms with Crippen LogP contribution in [0.4, 0.5) is 13.2 Å². The van der Waals surface area contributed by atoms with Gasteiger partial charge in [-0.15, -0.1) is 24.0 Å². The second-order valence-corrected chi connectivity index (χ2v) is 7.89. The lowest BCUT2D eigenvalue weighted by atomic mass is 10.1. The summed E-state index contributed by atoms with van der Waals surface area (Å²) in [4.78, 5) is 5.89. The molecule has 1 heterocycles. The summed E-state index contributed by atoms with van der Waals surface area (Å²) in [6, 6.07) is 6.05. The van der Waals surface area contributed by atoms with E-state index in [0.29, 0.717) is 45.2 Å². The van der Waals surface area contributed by atoms with Crippen LogP contribution in [-0.2, 0) is 11.3 Å². The number of halogens is 4. The van der Waals surface area contributed by atoms with Gasteiger partial charge in [-0.1, -0.05) is 12.1 Å². The number of nitrogens with zero attached hydrogens (tertiary/aromatic N) is 2. The zero-order valence-electron chi connectivity index (χ0n) is 19.1. The fraction of sp³-hybridized carbons (Fsp3) is 0.682. The molecular weight excluding hydrogens is 536 g/mol. The highest BCUT2D eigenvalue weighted by Gasteiger charge is 2.28. The number of guanidine groups is 1. The van der Waals surface area contributed by atoms with Crippen LogP contribution in [0.1, 0.15) is 37.3 Å². The molecule has 1 fully saturated rings. The molecule has 1 aromatic rings. The van der Waals surface area contributed by atoms with Gasteiger partial charge in [0.05, 0.1) is 19.2 Å². The number of alkyl halides is 3. The molecule has 184 valence electrons. The van der Waals surface area contributed by atoms with Crippen LogP contribution in [0.5, 0.6) is 5.75 Å². The molecule has 0 amide bonds. The summed E-state index contributed by atoms with van der Waals surface area (Å²) in [5, 5.41) is 6.36. The van der Waals surface area contributed by atoms with Crippen molar-refractivity contribution in [3.8, 4) is 5.75 Å². The van der Waals surface area contributed by atoms with Crippen molar-refractivity contribution >= 4 is 29.9 Å². The van der Waals surface area contributed by atoms with Crippen molar-refractivity contribution in [1.29, 1.82) is 0 Å². The Kier molecular flexibility index (Phi) is 13.3. The maximum absolute atomic E-state index is 12.4. The van der Waals surface area contributed by atoms with E-state index in [9.17, 15) is 13.2 Å². The van der Waals surface area contributed by atoms with Crippen molar-refractivity contribution < 1.29 is 22.6 Å². The second kappa shape index (κ2) is 14.8. The molecule has 2 rings (SSSR count). The van der Waals surface area contributed by atoms with Gasteiger partial charge < -0.3 is 20.1 Å². The van der Waals surface area contributed by atoms with Gasteiger partial charge in [0.2, 0.25) is 0 Å². The fourth-order valence-corrected chi connectivity index (χ4v) is 3.33. The number of benzene rings is 1. The number of hydrogen-bond donors (Lipinski definition) is 2. The first-order valence-corrected chi connectivity index (χ1v) is 10.9. The minimum absolute atomic E-state index is 0. The van der Waals surface area contributed by atoms with Crippen LogP contribution < -0.4 is 15.4 Å². The molecule has 0 bridgehead atoms. The molecule has 32 heavy (non-hydrogen) atoms. The van der Waals surface area contributed by atoms with Gasteiger partial charge in [-0.25, -0.2) is 4.99 Å². The topological polar surface area (TPSA) is 58.1 Å². The Morgan fingerprint density at radius 3 is 2.75 bits per heavy atom. The lowest BCUT2D eigenvalue weighted by Crippen LogP contribution is -2.39.